The zero-order valence-corrected chi connectivity index (χ0v) is 13.3. The van der Waals surface area contributed by atoms with Crippen LogP contribution >= 0.6 is 11.3 Å². The van der Waals surface area contributed by atoms with Gasteiger partial charge in [0.1, 0.15) is 0 Å². The number of nitrogens with zero attached hydrogens (tertiary/aromatic N) is 3. The molecule has 1 aliphatic heterocycles. The van der Waals surface area contributed by atoms with Gasteiger partial charge < -0.3 is 5.32 Å². The maximum atomic E-state index is 4.86. The molecule has 1 atom stereocenters. The molecule has 21 heavy (non-hydrogen) atoms. The fourth-order valence-corrected chi connectivity index (χ4v) is 4.64. The number of hydrogen-bond donors (Lipinski definition) is 1. The lowest BCUT2D eigenvalue weighted by Gasteiger charge is -2.33. The van der Waals surface area contributed by atoms with Gasteiger partial charge in [0.15, 0.2) is 5.82 Å². The summed E-state index contributed by atoms with van der Waals surface area (Å²) in [7, 11) is 0. The maximum Gasteiger partial charge on any atom is 0.222 e. The van der Waals surface area contributed by atoms with E-state index in [0.29, 0.717) is 6.04 Å². The van der Waals surface area contributed by atoms with E-state index in [4.69, 9.17) is 10.1 Å². The number of thiophene rings is 1. The van der Waals surface area contributed by atoms with Crippen LogP contribution in [0.25, 0.3) is 10.7 Å². The van der Waals surface area contributed by atoms with Crippen molar-refractivity contribution in [3.63, 3.8) is 0 Å². The minimum absolute atomic E-state index is 0.545. The predicted octanol–water partition coefficient (Wildman–Crippen LogP) is 4.25. The minimum atomic E-state index is 0.545. The second-order valence-electron chi connectivity index (χ2n) is 6.32. The van der Waals surface area contributed by atoms with Gasteiger partial charge in [0.2, 0.25) is 5.95 Å². The number of aryl methyl sites for hydroxylation is 1. The number of hydrogen-bond acceptors (Lipinski definition) is 4. The number of aromatic nitrogens is 3. The van der Waals surface area contributed by atoms with Gasteiger partial charge in [-0.3, -0.25) is 0 Å². The second-order valence-corrected chi connectivity index (χ2v) is 7.23. The molecular formula is C16H22N4S. The van der Waals surface area contributed by atoms with Gasteiger partial charge >= 0.3 is 0 Å². The van der Waals surface area contributed by atoms with Crippen LogP contribution in [0.15, 0.2) is 11.4 Å². The van der Waals surface area contributed by atoms with Gasteiger partial charge in [-0.2, -0.15) is 4.98 Å². The Kier molecular flexibility index (Phi) is 3.45. The molecule has 4 nitrogen and oxygen atoms in total. The van der Waals surface area contributed by atoms with Gasteiger partial charge in [-0.05, 0) is 49.1 Å². The first-order valence-corrected chi connectivity index (χ1v) is 8.96. The van der Waals surface area contributed by atoms with Crippen molar-refractivity contribution in [2.24, 2.45) is 5.92 Å². The summed E-state index contributed by atoms with van der Waals surface area (Å²) in [4.78, 5) is 5.96. The van der Waals surface area contributed by atoms with E-state index in [0.717, 1.165) is 24.2 Å². The van der Waals surface area contributed by atoms with Crippen LogP contribution in [0.3, 0.4) is 0 Å². The van der Waals surface area contributed by atoms with E-state index in [2.05, 4.69) is 28.4 Å². The lowest BCUT2D eigenvalue weighted by atomic mass is 9.82. The Labute approximate surface area is 129 Å². The van der Waals surface area contributed by atoms with Crippen LogP contribution in [0.2, 0.25) is 0 Å². The molecule has 0 spiro atoms. The van der Waals surface area contributed by atoms with E-state index in [9.17, 15) is 0 Å². The van der Waals surface area contributed by atoms with E-state index in [1.807, 2.05) is 0 Å². The Balaban J connectivity index is 1.68. The fraction of sp³-hybridized carbons (Fsp3) is 0.625. The van der Waals surface area contributed by atoms with Crippen molar-refractivity contribution in [1.82, 2.24) is 14.8 Å². The van der Waals surface area contributed by atoms with Crippen molar-refractivity contribution < 1.29 is 0 Å². The van der Waals surface area contributed by atoms with Crippen molar-refractivity contribution in [1.29, 1.82) is 0 Å². The minimum Gasteiger partial charge on any atom is -0.354 e. The van der Waals surface area contributed by atoms with Crippen molar-refractivity contribution in [3.05, 3.63) is 17.0 Å². The lowest BCUT2D eigenvalue weighted by Crippen LogP contribution is -2.30. The summed E-state index contributed by atoms with van der Waals surface area (Å²) in [5.41, 5.74) is 1.28. The summed E-state index contributed by atoms with van der Waals surface area (Å²) in [5, 5.41) is 10.4. The first-order valence-electron chi connectivity index (χ1n) is 8.08. The molecule has 1 saturated carbocycles. The summed E-state index contributed by atoms with van der Waals surface area (Å²) >= 11 is 1.74. The monoisotopic (exact) mass is 302 g/mol. The molecule has 1 aliphatic carbocycles. The summed E-state index contributed by atoms with van der Waals surface area (Å²) in [6, 6.07) is 2.69. The highest BCUT2D eigenvalue weighted by Crippen LogP contribution is 2.38. The zero-order valence-electron chi connectivity index (χ0n) is 12.5. The highest BCUT2D eigenvalue weighted by Gasteiger charge is 2.31. The molecule has 5 heteroatoms. The molecule has 0 radical (unpaired) electrons. The van der Waals surface area contributed by atoms with Gasteiger partial charge in [-0.15, -0.1) is 16.4 Å². The van der Waals surface area contributed by atoms with Crippen LogP contribution in [0.4, 0.5) is 5.95 Å². The SMILES string of the molecule is Cc1ccsc1-c1nc2n(n1)C(C1CCCCC1)CCN2. The molecule has 1 N–H and O–H groups in total. The Morgan fingerprint density at radius 1 is 1.24 bits per heavy atom. The summed E-state index contributed by atoms with van der Waals surface area (Å²) in [6.07, 6.45) is 8.08. The zero-order chi connectivity index (χ0) is 14.2. The Hall–Kier alpha value is -1.36. The van der Waals surface area contributed by atoms with Crippen LogP contribution in [-0.2, 0) is 0 Å². The van der Waals surface area contributed by atoms with Gasteiger partial charge in [-0.1, -0.05) is 19.3 Å². The highest BCUT2D eigenvalue weighted by atomic mass is 32.1. The van der Waals surface area contributed by atoms with Gasteiger partial charge in [-0.25, -0.2) is 4.68 Å². The highest BCUT2D eigenvalue weighted by molar-refractivity contribution is 7.13. The average molecular weight is 302 g/mol. The van der Waals surface area contributed by atoms with Crippen molar-refractivity contribution in [2.75, 3.05) is 11.9 Å². The third-order valence-electron chi connectivity index (χ3n) is 4.93. The quantitative estimate of drug-likeness (QED) is 0.901. The third-order valence-corrected chi connectivity index (χ3v) is 5.94. The van der Waals surface area contributed by atoms with Crippen molar-refractivity contribution in [3.8, 4) is 10.7 Å². The number of rotatable bonds is 2. The van der Waals surface area contributed by atoms with Gasteiger partial charge in [0.05, 0.1) is 10.9 Å². The topological polar surface area (TPSA) is 42.7 Å². The smallest absolute Gasteiger partial charge is 0.222 e. The fourth-order valence-electron chi connectivity index (χ4n) is 3.78. The summed E-state index contributed by atoms with van der Waals surface area (Å²) < 4.78 is 2.19. The number of anilines is 1. The molecule has 1 unspecified atom stereocenters. The van der Waals surface area contributed by atoms with E-state index in [-0.39, 0.29) is 0 Å². The standard InChI is InChI=1S/C16H22N4S/c1-11-8-10-21-14(11)15-18-16-17-9-7-13(20(16)19-15)12-5-3-2-4-6-12/h8,10,12-13H,2-7,9H2,1H3,(H,17,18,19). The normalized spacial score (nSPS) is 22.8. The third kappa shape index (κ3) is 2.37. The number of fused-ring (bicyclic) bond motifs is 1. The molecule has 112 valence electrons. The predicted molar refractivity (Wildman–Crippen MR) is 86.8 cm³/mol. The molecule has 3 heterocycles. The average Bonchev–Trinajstić information content (AvgIpc) is 3.13. The molecular weight excluding hydrogens is 280 g/mol. The molecule has 1 fully saturated rings. The number of nitrogens with one attached hydrogen (secondary N) is 1. The Morgan fingerprint density at radius 2 is 2.10 bits per heavy atom. The van der Waals surface area contributed by atoms with Gasteiger partial charge in [0, 0.05) is 6.54 Å². The molecule has 2 aliphatic rings. The van der Waals surface area contributed by atoms with Crippen LogP contribution in [0.1, 0.15) is 50.1 Å². The van der Waals surface area contributed by atoms with Gasteiger partial charge in [0.25, 0.3) is 0 Å². The van der Waals surface area contributed by atoms with E-state index < -0.39 is 0 Å². The van der Waals surface area contributed by atoms with Crippen molar-refractivity contribution >= 4 is 17.3 Å². The van der Waals surface area contributed by atoms with Crippen LogP contribution in [-0.4, -0.2) is 21.3 Å². The van der Waals surface area contributed by atoms with E-state index >= 15 is 0 Å². The van der Waals surface area contributed by atoms with Crippen LogP contribution < -0.4 is 5.32 Å². The Morgan fingerprint density at radius 3 is 2.86 bits per heavy atom. The molecule has 0 amide bonds. The molecule has 0 bridgehead atoms. The maximum absolute atomic E-state index is 4.86. The summed E-state index contributed by atoms with van der Waals surface area (Å²) in [6.45, 7) is 3.17. The molecule has 0 saturated heterocycles. The Bertz CT molecular complexity index is 624. The first kappa shape index (κ1) is 13.3. The van der Waals surface area contributed by atoms with Crippen LogP contribution in [0, 0.1) is 12.8 Å². The van der Waals surface area contributed by atoms with Crippen LogP contribution in [0.5, 0.6) is 0 Å². The molecule has 2 aromatic rings. The molecule has 4 rings (SSSR count). The summed E-state index contributed by atoms with van der Waals surface area (Å²) in [5.74, 6) is 2.66. The van der Waals surface area contributed by atoms with E-state index in [1.54, 1.807) is 11.3 Å². The van der Waals surface area contributed by atoms with Crippen molar-refractivity contribution in [2.45, 2.75) is 51.5 Å². The first-order chi connectivity index (χ1) is 10.3. The second kappa shape index (κ2) is 5.44. The van der Waals surface area contributed by atoms with E-state index in [1.165, 1.54) is 49.0 Å². The molecule has 0 aromatic carbocycles. The lowest BCUT2D eigenvalue weighted by molar-refractivity contribution is 0.222. The largest absolute Gasteiger partial charge is 0.354 e. The molecule has 2 aromatic heterocycles.